The molecule has 0 radical (unpaired) electrons. The molecule has 0 spiro atoms. The van der Waals surface area contributed by atoms with E-state index in [0.717, 1.165) is 26.1 Å². The van der Waals surface area contributed by atoms with E-state index in [1.165, 1.54) is 22.9 Å². The van der Waals surface area contributed by atoms with E-state index in [9.17, 15) is 0 Å². The first-order valence-corrected chi connectivity index (χ1v) is 6.56. The molecule has 2 nitrogen and oxygen atoms in total. The average Bonchev–Trinajstić information content (AvgIpc) is 2.28. The van der Waals surface area contributed by atoms with Gasteiger partial charge in [-0.3, -0.25) is 0 Å². The second-order valence-electron chi connectivity index (χ2n) is 3.83. The molecule has 0 unspecified atom stereocenters. The lowest BCUT2D eigenvalue weighted by atomic mass is 10.1. The van der Waals surface area contributed by atoms with Gasteiger partial charge in [0, 0.05) is 18.1 Å². The predicted molar refractivity (Wildman–Crippen MR) is 71.8 cm³/mol. The van der Waals surface area contributed by atoms with Crippen LogP contribution in [-0.4, -0.2) is 26.8 Å². The third kappa shape index (κ3) is 6.26. The summed E-state index contributed by atoms with van der Waals surface area (Å²) in [4.78, 5) is 0. The average molecular weight is 286 g/mol. The smallest absolute Gasteiger partial charge is 0.0587 e. The highest BCUT2D eigenvalue weighted by molar-refractivity contribution is 9.10. The Kier molecular flexibility index (Phi) is 7.47. The van der Waals surface area contributed by atoms with Crippen LogP contribution < -0.4 is 5.32 Å². The fourth-order valence-electron chi connectivity index (χ4n) is 1.57. The van der Waals surface area contributed by atoms with E-state index in [-0.39, 0.29) is 0 Å². The number of unbranched alkanes of at least 4 members (excludes halogenated alkanes) is 1. The minimum atomic E-state index is 0.797. The molecule has 0 aliphatic carbocycles. The SMILES string of the molecule is COCCNCCCCc1cccc(Br)c1. The van der Waals surface area contributed by atoms with Crippen LogP contribution in [0.25, 0.3) is 0 Å². The van der Waals surface area contributed by atoms with Gasteiger partial charge < -0.3 is 10.1 Å². The molecule has 16 heavy (non-hydrogen) atoms. The van der Waals surface area contributed by atoms with Gasteiger partial charge in [-0.15, -0.1) is 0 Å². The topological polar surface area (TPSA) is 21.3 Å². The molecule has 0 aliphatic rings. The molecule has 0 aromatic heterocycles. The fourth-order valence-corrected chi connectivity index (χ4v) is 2.02. The van der Waals surface area contributed by atoms with Crippen LogP contribution in [0.2, 0.25) is 0 Å². The lowest BCUT2D eigenvalue weighted by molar-refractivity contribution is 0.199. The number of rotatable bonds is 8. The number of halogens is 1. The Balaban J connectivity index is 2.03. The summed E-state index contributed by atoms with van der Waals surface area (Å²) in [7, 11) is 1.73. The largest absolute Gasteiger partial charge is 0.383 e. The molecule has 0 atom stereocenters. The van der Waals surface area contributed by atoms with Crippen molar-refractivity contribution in [2.75, 3.05) is 26.8 Å². The van der Waals surface area contributed by atoms with Gasteiger partial charge in [0.1, 0.15) is 0 Å². The molecular formula is C13H20BrNO. The zero-order chi connectivity index (χ0) is 11.6. The second-order valence-corrected chi connectivity index (χ2v) is 4.75. The van der Waals surface area contributed by atoms with Crippen LogP contribution in [0.15, 0.2) is 28.7 Å². The molecule has 0 heterocycles. The number of hydrogen-bond donors (Lipinski definition) is 1. The predicted octanol–water partition coefficient (Wildman–Crippen LogP) is 3.01. The molecule has 3 heteroatoms. The number of methoxy groups -OCH3 is 1. The van der Waals surface area contributed by atoms with Crippen molar-refractivity contribution in [1.29, 1.82) is 0 Å². The van der Waals surface area contributed by atoms with Crippen molar-refractivity contribution in [1.82, 2.24) is 5.32 Å². The van der Waals surface area contributed by atoms with Crippen LogP contribution in [-0.2, 0) is 11.2 Å². The summed E-state index contributed by atoms with van der Waals surface area (Å²) in [6.45, 7) is 2.83. The monoisotopic (exact) mass is 285 g/mol. The third-order valence-electron chi connectivity index (χ3n) is 2.44. The Morgan fingerprint density at radius 3 is 2.88 bits per heavy atom. The lowest BCUT2D eigenvalue weighted by Gasteiger charge is -2.04. The minimum absolute atomic E-state index is 0.797. The maximum Gasteiger partial charge on any atom is 0.0587 e. The fraction of sp³-hybridized carbons (Fsp3) is 0.538. The summed E-state index contributed by atoms with van der Waals surface area (Å²) >= 11 is 3.49. The third-order valence-corrected chi connectivity index (χ3v) is 2.93. The molecule has 0 bridgehead atoms. The number of ether oxygens (including phenoxy) is 1. The van der Waals surface area contributed by atoms with Crippen molar-refractivity contribution in [3.05, 3.63) is 34.3 Å². The molecule has 0 amide bonds. The van der Waals surface area contributed by atoms with E-state index >= 15 is 0 Å². The first-order chi connectivity index (χ1) is 7.83. The standard InChI is InChI=1S/C13H20BrNO/c1-16-10-9-15-8-3-2-5-12-6-4-7-13(14)11-12/h4,6-7,11,15H,2-3,5,8-10H2,1H3. The van der Waals surface area contributed by atoms with Gasteiger partial charge >= 0.3 is 0 Å². The highest BCUT2D eigenvalue weighted by Crippen LogP contribution is 2.13. The highest BCUT2D eigenvalue weighted by Gasteiger charge is 1.94. The molecule has 0 saturated carbocycles. The summed E-state index contributed by atoms with van der Waals surface area (Å²) in [6, 6.07) is 8.54. The van der Waals surface area contributed by atoms with Gasteiger partial charge in [-0.2, -0.15) is 0 Å². The van der Waals surface area contributed by atoms with Crippen molar-refractivity contribution in [3.8, 4) is 0 Å². The van der Waals surface area contributed by atoms with Gasteiger partial charge in [0.05, 0.1) is 6.61 Å². The van der Waals surface area contributed by atoms with Crippen LogP contribution in [0.4, 0.5) is 0 Å². The van der Waals surface area contributed by atoms with Crippen molar-refractivity contribution in [2.24, 2.45) is 0 Å². The van der Waals surface area contributed by atoms with Gasteiger partial charge in [-0.05, 0) is 43.5 Å². The van der Waals surface area contributed by atoms with Crippen molar-refractivity contribution < 1.29 is 4.74 Å². The Bertz CT molecular complexity index is 291. The summed E-state index contributed by atoms with van der Waals surface area (Å²) in [5, 5.41) is 3.35. The van der Waals surface area contributed by atoms with Gasteiger partial charge in [0.25, 0.3) is 0 Å². The van der Waals surface area contributed by atoms with E-state index in [0.29, 0.717) is 0 Å². The number of benzene rings is 1. The number of aryl methyl sites for hydroxylation is 1. The van der Waals surface area contributed by atoms with Crippen LogP contribution in [0, 0.1) is 0 Å². The minimum Gasteiger partial charge on any atom is -0.383 e. The van der Waals surface area contributed by atoms with Crippen LogP contribution in [0.5, 0.6) is 0 Å². The molecule has 0 fully saturated rings. The quantitative estimate of drug-likeness (QED) is 0.742. The Hall–Kier alpha value is -0.380. The summed E-state index contributed by atoms with van der Waals surface area (Å²) in [5.74, 6) is 0. The zero-order valence-corrected chi connectivity index (χ0v) is 11.4. The highest BCUT2D eigenvalue weighted by atomic mass is 79.9. The molecule has 1 aromatic rings. The normalized spacial score (nSPS) is 10.6. The van der Waals surface area contributed by atoms with Gasteiger partial charge in [-0.1, -0.05) is 28.1 Å². The lowest BCUT2D eigenvalue weighted by Crippen LogP contribution is -2.20. The molecule has 0 aliphatic heterocycles. The molecule has 90 valence electrons. The van der Waals surface area contributed by atoms with E-state index in [1.807, 2.05) is 0 Å². The van der Waals surface area contributed by atoms with Crippen molar-refractivity contribution in [3.63, 3.8) is 0 Å². The molecule has 1 N–H and O–H groups in total. The van der Waals surface area contributed by atoms with Crippen molar-refractivity contribution >= 4 is 15.9 Å². The maximum absolute atomic E-state index is 4.96. The number of hydrogen-bond acceptors (Lipinski definition) is 2. The maximum atomic E-state index is 4.96. The van der Waals surface area contributed by atoms with Gasteiger partial charge in [-0.25, -0.2) is 0 Å². The van der Waals surface area contributed by atoms with Crippen LogP contribution >= 0.6 is 15.9 Å². The molecular weight excluding hydrogens is 266 g/mol. The van der Waals surface area contributed by atoms with Crippen LogP contribution in [0.1, 0.15) is 18.4 Å². The Morgan fingerprint density at radius 2 is 2.12 bits per heavy atom. The summed E-state index contributed by atoms with van der Waals surface area (Å²) in [5.41, 5.74) is 1.41. The first-order valence-electron chi connectivity index (χ1n) is 5.77. The second kappa shape index (κ2) is 8.74. The first kappa shape index (κ1) is 13.7. The Morgan fingerprint density at radius 1 is 1.25 bits per heavy atom. The zero-order valence-electron chi connectivity index (χ0n) is 9.84. The number of nitrogens with one attached hydrogen (secondary N) is 1. The van der Waals surface area contributed by atoms with Gasteiger partial charge in [0.15, 0.2) is 0 Å². The van der Waals surface area contributed by atoms with E-state index in [1.54, 1.807) is 7.11 Å². The van der Waals surface area contributed by atoms with Crippen molar-refractivity contribution in [2.45, 2.75) is 19.3 Å². The van der Waals surface area contributed by atoms with E-state index in [4.69, 9.17) is 4.74 Å². The summed E-state index contributed by atoms with van der Waals surface area (Å²) < 4.78 is 6.13. The molecule has 1 aromatic carbocycles. The Labute approximate surface area is 107 Å². The molecule has 0 saturated heterocycles. The van der Waals surface area contributed by atoms with Crippen LogP contribution in [0.3, 0.4) is 0 Å². The summed E-state index contributed by atoms with van der Waals surface area (Å²) in [6.07, 6.45) is 3.61. The van der Waals surface area contributed by atoms with E-state index < -0.39 is 0 Å². The van der Waals surface area contributed by atoms with Gasteiger partial charge in [0.2, 0.25) is 0 Å². The van der Waals surface area contributed by atoms with E-state index in [2.05, 4.69) is 45.5 Å². The molecule has 1 rings (SSSR count).